The van der Waals surface area contributed by atoms with Gasteiger partial charge in [0.1, 0.15) is 22.6 Å². The predicted octanol–water partition coefficient (Wildman–Crippen LogP) is 12.2. The number of nitrogens with zero attached hydrogens (tertiary/aromatic N) is 8. The van der Waals surface area contributed by atoms with Gasteiger partial charge in [-0.15, -0.1) is 0 Å². The first kappa shape index (κ1) is 43.6. The van der Waals surface area contributed by atoms with Gasteiger partial charge in [0.15, 0.2) is 31.7 Å². The van der Waals surface area contributed by atoms with Gasteiger partial charge in [-0.1, -0.05) is 146 Å². The SMILES string of the molecule is C[Si](C)(CCCN)[O][Al]1[n]2c3c4cc(-c5ccccc5)ccc4c2N=C2N=C(N=c4c5cc(-c6ccccc6)ccc5c([n]41)=NC1=NC(=N3)c3ccc(-c4ccccc4)cc31)c1ccc(-c3ccccc3)cc12. The van der Waals surface area contributed by atoms with Crippen molar-refractivity contribution >= 4 is 79.8 Å². The van der Waals surface area contributed by atoms with Crippen molar-refractivity contribution < 1.29 is 3.48 Å². The number of nitrogens with two attached hydrogens (primary N) is 1. The molecular weight excluding hydrogens is 930 g/mol. The average Bonchev–Trinajstić information content (AvgIpc) is 4.15. The quantitative estimate of drug-likeness (QED) is 0.145. The molecule has 2 aromatic heterocycles. The van der Waals surface area contributed by atoms with Gasteiger partial charge in [-0.05, 0) is 125 Å². The molecule has 10 aromatic rings. The van der Waals surface area contributed by atoms with E-state index >= 15 is 0 Å². The van der Waals surface area contributed by atoms with E-state index in [1.807, 2.05) is 12.1 Å². The molecule has 0 amide bonds. The summed E-state index contributed by atoms with van der Waals surface area (Å²) in [6.45, 7) is 5.19. The molecule has 0 spiro atoms. The highest BCUT2D eigenvalue weighted by Gasteiger charge is 2.46. The Morgan fingerprint density at radius 2 is 0.808 bits per heavy atom. The molecule has 0 radical (unpaired) electrons. The van der Waals surface area contributed by atoms with Crippen LogP contribution in [-0.2, 0) is 3.48 Å². The molecule has 6 bridgehead atoms. The van der Waals surface area contributed by atoms with E-state index in [9.17, 15) is 0 Å². The molecule has 12 heteroatoms. The van der Waals surface area contributed by atoms with Gasteiger partial charge in [-0.2, -0.15) is 0 Å². The number of benzene rings is 8. The van der Waals surface area contributed by atoms with Crippen LogP contribution in [0.1, 0.15) is 28.7 Å². The molecule has 0 saturated heterocycles. The zero-order valence-corrected chi connectivity index (χ0v) is 42.4. The van der Waals surface area contributed by atoms with Crippen LogP contribution in [0.4, 0.5) is 11.6 Å². The van der Waals surface area contributed by atoms with Gasteiger partial charge >= 0.3 is 14.9 Å². The lowest BCUT2D eigenvalue weighted by molar-refractivity contribution is 0.522. The fourth-order valence-corrected chi connectivity index (χ4v) is 17.3. The third-order valence-corrected chi connectivity index (χ3v) is 21.3. The van der Waals surface area contributed by atoms with Crippen LogP contribution in [0.15, 0.2) is 224 Å². The predicted molar refractivity (Wildman–Crippen MR) is 300 cm³/mol. The molecule has 4 aliphatic heterocycles. The summed E-state index contributed by atoms with van der Waals surface area (Å²) in [7, 11) is -2.56. The number of amidine groups is 4. The Hall–Kier alpha value is -8.21. The van der Waals surface area contributed by atoms with Crippen molar-refractivity contribution in [1.82, 2.24) is 7.10 Å². The normalized spacial score (nSPS) is 14.2. The van der Waals surface area contributed by atoms with E-state index in [0.29, 0.717) is 52.5 Å². The van der Waals surface area contributed by atoms with Gasteiger partial charge < -0.3 is 16.3 Å². The largest absolute Gasteiger partial charge is 0.798 e. The van der Waals surface area contributed by atoms with Crippen molar-refractivity contribution in [2.75, 3.05) is 6.54 Å². The molecule has 348 valence electrons. The minimum absolute atomic E-state index is 0.572. The minimum Gasteiger partial charge on any atom is -0.509 e. The number of fused-ring (bicyclic) bond motifs is 14. The average molecular weight is 976 g/mol. The van der Waals surface area contributed by atoms with Gasteiger partial charge in [0.25, 0.3) is 0 Å². The summed E-state index contributed by atoms with van der Waals surface area (Å²) in [5.41, 5.74) is 20.0. The Balaban J connectivity index is 1.17. The topological polar surface area (TPSA) is 119 Å². The van der Waals surface area contributed by atoms with Crippen LogP contribution in [-0.4, -0.2) is 60.2 Å². The van der Waals surface area contributed by atoms with Crippen LogP contribution >= 0.6 is 0 Å². The van der Waals surface area contributed by atoms with Crippen LogP contribution in [0.2, 0.25) is 19.1 Å². The zero-order chi connectivity index (χ0) is 48.8. The van der Waals surface area contributed by atoms with E-state index in [1.54, 1.807) is 0 Å². The lowest BCUT2D eigenvalue weighted by Crippen LogP contribution is -2.53. The van der Waals surface area contributed by atoms with E-state index in [2.05, 4.69) is 202 Å². The molecule has 2 N–H and O–H groups in total. The van der Waals surface area contributed by atoms with Gasteiger partial charge in [0.2, 0.25) is 0 Å². The molecule has 0 aliphatic carbocycles. The standard InChI is InChI=1S/C56H32N8.C5H14NOSi.Al/c1-5-13-33(14-6-1)37-21-25-41-45(29-37)53-57-49(41)62-54-47-31-39(35-17-9-3-10-18-35)23-27-43(47)51(59-54)64-56-48-32-40(36-19-11-4-12-20-36)24-28-44(48)52(60-56)63-55-46-30-38(34-15-7-2-8-16-34)22-26-42(46)50(58-55)61-53;1-8(2,7)5-3-4-6;/h1-32H;3-6H2,1-2H3;/q-2;-1;+3. The van der Waals surface area contributed by atoms with Crippen molar-refractivity contribution in [2.45, 2.75) is 25.6 Å². The fourth-order valence-electron chi connectivity index (χ4n) is 10.8. The number of aliphatic imine (C=N–C) groups is 4. The summed E-state index contributed by atoms with van der Waals surface area (Å²) in [6.07, 6.45) is 0.840. The highest BCUT2D eigenvalue weighted by atomic mass is 28.4. The van der Waals surface area contributed by atoms with Gasteiger partial charge in [-0.25, -0.2) is 30.0 Å². The molecular formula is C61H46AlN9OSi. The van der Waals surface area contributed by atoms with E-state index in [-0.39, 0.29) is 0 Å². The lowest BCUT2D eigenvalue weighted by Gasteiger charge is -2.29. The summed E-state index contributed by atoms with van der Waals surface area (Å²) in [5.74, 6) is 3.76. The van der Waals surface area contributed by atoms with Crippen LogP contribution in [0, 0.1) is 0 Å². The van der Waals surface area contributed by atoms with Gasteiger partial charge in [0.05, 0.1) is 0 Å². The first-order valence-corrected chi connectivity index (χ1v) is 29.5. The first-order chi connectivity index (χ1) is 35.9. The third-order valence-electron chi connectivity index (χ3n) is 14.5. The van der Waals surface area contributed by atoms with Gasteiger partial charge in [-0.3, -0.25) is 0 Å². The molecule has 0 unspecified atom stereocenters. The Morgan fingerprint density at radius 3 is 1.33 bits per heavy atom. The Kier molecular flexibility index (Phi) is 10.3. The summed E-state index contributed by atoms with van der Waals surface area (Å²) < 4.78 is 12.7. The zero-order valence-electron chi connectivity index (χ0n) is 40.2. The molecule has 0 atom stereocenters. The maximum atomic E-state index is 8.01. The molecule has 73 heavy (non-hydrogen) atoms. The van der Waals surface area contributed by atoms with Crippen LogP contribution in [0.5, 0.6) is 0 Å². The smallest absolute Gasteiger partial charge is 0.509 e. The second-order valence-corrected chi connectivity index (χ2v) is 26.2. The number of hydrogen-bond acceptors (Lipinski definition) is 8. The van der Waals surface area contributed by atoms with E-state index in [1.165, 1.54) is 0 Å². The molecule has 8 aromatic carbocycles. The van der Waals surface area contributed by atoms with Crippen molar-refractivity contribution in [1.29, 1.82) is 0 Å². The summed E-state index contributed by atoms with van der Waals surface area (Å²) in [4.78, 5) is 33.9. The van der Waals surface area contributed by atoms with Crippen LogP contribution < -0.4 is 16.7 Å². The summed E-state index contributed by atoms with van der Waals surface area (Å²) >= 11 is -3.16. The Morgan fingerprint density at radius 1 is 0.397 bits per heavy atom. The molecule has 14 rings (SSSR count). The maximum absolute atomic E-state index is 8.01. The molecule has 6 heterocycles. The Labute approximate surface area is 427 Å². The first-order valence-electron chi connectivity index (χ1n) is 24.9. The number of rotatable bonds is 9. The number of hydrogen-bond donors (Lipinski definition) is 1. The number of aromatic nitrogens is 2. The molecule has 0 saturated carbocycles. The van der Waals surface area contributed by atoms with Crippen molar-refractivity contribution in [2.24, 2.45) is 35.7 Å². The highest BCUT2D eigenvalue weighted by molar-refractivity contribution is 6.78. The Bertz CT molecular complexity index is 4180. The third kappa shape index (κ3) is 7.37. The lowest BCUT2D eigenvalue weighted by atomic mass is 9.99. The van der Waals surface area contributed by atoms with E-state index < -0.39 is 23.2 Å². The monoisotopic (exact) mass is 975 g/mol. The minimum atomic E-state index is -3.16. The molecule has 4 aliphatic rings. The van der Waals surface area contributed by atoms with E-state index in [4.69, 9.17) is 39.2 Å². The van der Waals surface area contributed by atoms with Crippen molar-refractivity contribution in [3.63, 3.8) is 0 Å². The second kappa shape index (κ2) is 17.2. The molecule has 10 nitrogen and oxygen atoms in total. The van der Waals surface area contributed by atoms with Crippen LogP contribution in [0.3, 0.4) is 0 Å². The second-order valence-electron chi connectivity index (χ2n) is 19.6. The summed E-state index contributed by atoms with van der Waals surface area (Å²) in [6, 6.07) is 69.2. The van der Waals surface area contributed by atoms with Gasteiger partial charge in [0, 0.05) is 43.8 Å². The summed E-state index contributed by atoms with van der Waals surface area (Å²) in [5, 5.41) is 3.73. The molecule has 0 fully saturated rings. The van der Waals surface area contributed by atoms with Crippen molar-refractivity contribution in [3.05, 3.63) is 227 Å². The van der Waals surface area contributed by atoms with E-state index in [0.717, 1.165) is 101 Å². The van der Waals surface area contributed by atoms with Crippen molar-refractivity contribution in [3.8, 4) is 44.5 Å². The fraction of sp³-hybridized carbons (Fsp3) is 0.0820. The highest BCUT2D eigenvalue weighted by Crippen LogP contribution is 2.44. The maximum Gasteiger partial charge on any atom is 0.798 e. The van der Waals surface area contributed by atoms with Crippen LogP contribution in [0.25, 0.3) is 66.1 Å².